The summed E-state index contributed by atoms with van der Waals surface area (Å²) in [6, 6.07) is 11.8. The minimum absolute atomic E-state index is 0.127. The highest BCUT2D eigenvalue weighted by atomic mass is 16.5. The predicted octanol–water partition coefficient (Wildman–Crippen LogP) is 3.19. The molecule has 5 nitrogen and oxygen atoms in total. The number of amides is 1. The van der Waals surface area contributed by atoms with E-state index in [-0.39, 0.29) is 18.6 Å². The maximum atomic E-state index is 12.1. The smallest absolute Gasteiger partial charge is 0.331 e. The average Bonchev–Trinajstić information content (AvgIpc) is 2.64. The summed E-state index contributed by atoms with van der Waals surface area (Å²) in [6.07, 6.45) is 6.07. The minimum atomic E-state index is -0.534. The van der Waals surface area contributed by atoms with E-state index in [1.807, 2.05) is 43.3 Å². The number of carbonyl (C=O) groups excluding carboxylic acids is 2. The molecule has 0 aliphatic carbocycles. The quantitative estimate of drug-likeness (QED) is 0.634. The number of benzene rings is 1. The van der Waals surface area contributed by atoms with Gasteiger partial charge in [0, 0.05) is 24.0 Å². The molecule has 5 heteroatoms. The summed E-state index contributed by atoms with van der Waals surface area (Å²) < 4.78 is 5.07. The summed E-state index contributed by atoms with van der Waals surface area (Å²) in [4.78, 5) is 30.2. The van der Waals surface area contributed by atoms with Gasteiger partial charge in [0.15, 0.2) is 6.61 Å². The lowest BCUT2D eigenvalue weighted by molar-refractivity contribution is -0.149. The van der Waals surface area contributed by atoms with Crippen molar-refractivity contribution in [2.24, 2.45) is 0 Å². The summed E-state index contributed by atoms with van der Waals surface area (Å²) in [7, 11) is 0. The number of fused-ring (bicyclic) bond motifs is 1. The van der Waals surface area contributed by atoms with Crippen molar-refractivity contribution in [3.8, 4) is 0 Å². The molecule has 0 bridgehead atoms. The van der Waals surface area contributed by atoms with Crippen molar-refractivity contribution in [1.82, 2.24) is 9.88 Å². The van der Waals surface area contributed by atoms with Gasteiger partial charge in [-0.2, -0.15) is 0 Å². The van der Waals surface area contributed by atoms with Crippen molar-refractivity contribution in [2.75, 3.05) is 13.2 Å². The molecule has 1 unspecified atom stereocenters. The Bertz CT molecular complexity index is 800. The molecule has 1 aliphatic heterocycles. The Kier molecular flexibility index (Phi) is 5.43. The van der Waals surface area contributed by atoms with Crippen LogP contribution in [-0.4, -0.2) is 41.0 Å². The van der Waals surface area contributed by atoms with Crippen LogP contribution in [0.1, 0.15) is 31.9 Å². The van der Waals surface area contributed by atoms with E-state index in [1.165, 1.54) is 6.08 Å². The van der Waals surface area contributed by atoms with Crippen LogP contribution in [0.15, 0.2) is 42.5 Å². The Balaban J connectivity index is 1.54. The number of esters is 1. The monoisotopic (exact) mass is 338 g/mol. The maximum absolute atomic E-state index is 12.1. The number of hydrogen-bond donors (Lipinski definition) is 0. The molecule has 1 fully saturated rings. The zero-order valence-corrected chi connectivity index (χ0v) is 14.4. The topological polar surface area (TPSA) is 59.5 Å². The first-order valence-corrected chi connectivity index (χ1v) is 8.63. The van der Waals surface area contributed by atoms with Crippen molar-refractivity contribution in [3.63, 3.8) is 0 Å². The summed E-state index contributed by atoms with van der Waals surface area (Å²) >= 11 is 0. The molecule has 1 amide bonds. The number of carbonyl (C=O) groups is 2. The van der Waals surface area contributed by atoms with Crippen LogP contribution in [0.4, 0.5) is 0 Å². The number of para-hydroxylation sites is 1. The standard InChI is InChI=1S/C20H22N2O3/c1-15-6-4-5-13-22(15)19(23)14-25-20(24)12-11-17-10-9-16-7-2-3-8-18(16)21-17/h2-3,7-12,15H,4-6,13-14H2,1H3/b12-11+. The first kappa shape index (κ1) is 17.1. The van der Waals surface area contributed by atoms with E-state index in [0.29, 0.717) is 5.69 Å². The zero-order valence-electron chi connectivity index (χ0n) is 14.4. The van der Waals surface area contributed by atoms with Crippen LogP contribution < -0.4 is 0 Å². The lowest BCUT2D eigenvalue weighted by Gasteiger charge is -2.33. The first-order valence-electron chi connectivity index (χ1n) is 8.63. The molecule has 0 saturated carbocycles. The van der Waals surface area contributed by atoms with E-state index in [9.17, 15) is 9.59 Å². The Hall–Kier alpha value is -2.69. The number of hydrogen-bond acceptors (Lipinski definition) is 4. The van der Waals surface area contributed by atoms with Crippen LogP contribution in [-0.2, 0) is 14.3 Å². The van der Waals surface area contributed by atoms with Crippen LogP contribution in [0.25, 0.3) is 17.0 Å². The van der Waals surface area contributed by atoms with Crippen molar-refractivity contribution >= 4 is 28.9 Å². The third-order valence-corrected chi connectivity index (χ3v) is 4.47. The van der Waals surface area contributed by atoms with Gasteiger partial charge in [-0.3, -0.25) is 4.79 Å². The molecular weight excluding hydrogens is 316 g/mol. The van der Waals surface area contributed by atoms with Gasteiger partial charge in [0.1, 0.15) is 0 Å². The van der Waals surface area contributed by atoms with E-state index in [0.717, 1.165) is 36.7 Å². The second-order valence-corrected chi connectivity index (χ2v) is 6.30. The lowest BCUT2D eigenvalue weighted by Crippen LogP contribution is -2.44. The highest BCUT2D eigenvalue weighted by Crippen LogP contribution is 2.16. The zero-order chi connectivity index (χ0) is 17.6. The third kappa shape index (κ3) is 4.44. The number of nitrogens with zero attached hydrogens (tertiary/aromatic N) is 2. The van der Waals surface area contributed by atoms with Gasteiger partial charge in [0.25, 0.3) is 5.91 Å². The number of aromatic nitrogens is 1. The molecule has 3 rings (SSSR count). The van der Waals surface area contributed by atoms with Gasteiger partial charge in [0.05, 0.1) is 11.2 Å². The van der Waals surface area contributed by atoms with Crippen molar-refractivity contribution in [1.29, 1.82) is 0 Å². The Labute approximate surface area is 147 Å². The molecule has 1 aromatic heterocycles. The Morgan fingerprint density at radius 2 is 2.08 bits per heavy atom. The molecule has 1 aliphatic rings. The molecule has 0 spiro atoms. The van der Waals surface area contributed by atoms with Gasteiger partial charge in [-0.1, -0.05) is 24.3 Å². The number of rotatable bonds is 4. The fourth-order valence-electron chi connectivity index (χ4n) is 3.06. The van der Waals surface area contributed by atoms with Crippen LogP contribution >= 0.6 is 0 Å². The second kappa shape index (κ2) is 7.92. The Morgan fingerprint density at radius 3 is 2.92 bits per heavy atom. The fourth-order valence-corrected chi connectivity index (χ4v) is 3.06. The van der Waals surface area contributed by atoms with Crippen LogP contribution in [0, 0.1) is 0 Å². The molecule has 2 aromatic rings. The molecular formula is C20H22N2O3. The van der Waals surface area contributed by atoms with Crippen LogP contribution in [0.5, 0.6) is 0 Å². The van der Waals surface area contributed by atoms with Crippen molar-refractivity contribution in [3.05, 3.63) is 48.2 Å². The summed E-state index contributed by atoms with van der Waals surface area (Å²) in [5, 5.41) is 1.04. The number of pyridine rings is 1. The lowest BCUT2D eigenvalue weighted by atomic mass is 10.0. The molecule has 25 heavy (non-hydrogen) atoms. The largest absolute Gasteiger partial charge is 0.452 e. The first-order chi connectivity index (χ1) is 12.1. The molecule has 130 valence electrons. The molecule has 1 aromatic carbocycles. The van der Waals surface area contributed by atoms with Gasteiger partial charge < -0.3 is 9.64 Å². The maximum Gasteiger partial charge on any atom is 0.331 e. The van der Waals surface area contributed by atoms with Gasteiger partial charge in [-0.05, 0) is 44.4 Å². The van der Waals surface area contributed by atoms with E-state index >= 15 is 0 Å². The highest BCUT2D eigenvalue weighted by molar-refractivity contribution is 5.89. The number of ether oxygens (including phenoxy) is 1. The predicted molar refractivity (Wildman–Crippen MR) is 96.8 cm³/mol. The van der Waals surface area contributed by atoms with E-state index in [1.54, 1.807) is 11.0 Å². The number of likely N-dealkylation sites (tertiary alicyclic amines) is 1. The second-order valence-electron chi connectivity index (χ2n) is 6.30. The molecule has 2 heterocycles. The fraction of sp³-hybridized carbons (Fsp3) is 0.350. The highest BCUT2D eigenvalue weighted by Gasteiger charge is 2.23. The molecule has 0 N–H and O–H groups in total. The molecule has 1 saturated heterocycles. The van der Waals surface area contributed by atoms with Gasteiger partial charge in [-0.15, -0.1) is 0 Å². The van der Waals surface area contributed by atoms with Crippen LogP contribution in [0.3, 0.4) is 0 Å². The van der Waals surface area contributed by atoms with E-state index < -0.39 is 5.97 Å². The summed E-state index contributed by atoms with van der Waals surface area (Å²) in [5.41, 5.74) is 1.54. The van der Waals surface area contributed by atoms with E-state index in [4.69, 9.17) is 4.74 Å². The normalized spacial score (nSPS) is 17.8. The summed E-state index contributed by atoms with van der Waals surface area (Å²) in [6.45, 7) is 2.57. The minimum Gasteiger partial charge on any atom is -0.452 e. The molecule has 0 radical (unpaired) electrons. The Morgan fingerprint density at radius 1 is 1.24 bits per heavy atom. The van der Waals surface area contributed by atoms with Crippen molar-refractivity contribution in [2.45, 2.75) is 32.2 Å². The van der Waals surface area contributed by atoms with E-state index in [2.05, 4.69) is 4.98 Å². The number of piperidine rings is 1. The van der Waals surface area contributed by atoms with Crippen LogP contribution in [0.2, 0.25) is 0 Å². The van der Waals surface area contributed by atoms with Gasteiger partial charge in [0.2, 0.25) is 0 Å². The average molecular weight is 338 g/mol. The van der Waals surface area contributed by atoms with Gasteiger partial charge >= 0.3 is 5.97 Å². The third-order valence-electron chi connectivity index (χ3n) is 4.47. The van der Waals surface area contributed by atoms with Gasteiger partial charge in [-0.25, -0.2) is 9.78 Å². The van der Waals surface area contributed by atoms with Crippen molar-refractivity contribution < 1.29 is 14.3 Å². The molecule has 1 atom stereocenters. The summed E-state index contributed by atoms with van der Waals surface area (Å²) in [5.74, 6) is -0.661. The SMILES string of the molecule is CC1CCCCN1C(=O)COC(=O)/C=C/c1ccc2ccccc2n1.